The number of thioether (sulfide) groups is 1. The molecule has 0 aliphatic rings. The summed E-state index contributed by atoms with van der Waals surface area (Å²) in [6.07, 6.45) is 3.89. The van der Waals surface area contributed by atoms with Crippen molar-refractivity contribution >= 4 is 29.2 Å². The van der Waals surface area contributed by atoms with Crippen molar-refractivity contribution in [1.82, 2.24) is 10.3 Å². The number of amides is 1. The standard InChI is InChI=1S/C11H16N4O3S/c1-12-10-6-8(9(7-14-10)15(17)18)11(16)13-4-3-5-19-2/h6-7H,3-5H2,1-2H3,(H,12,14)(H,13,16). The first-order valence-electron chi connectivity index (χ1n) is 5.69. The zero-order valence-corrected chi connectivity index (χ0v) is 11.6. The number of carbonyl (C=O) groups is 1. The van der Waals surface area contributed by atoms with E-state index in [9.17, 15) is 14.9 Å². The molecular formula is C11H16N4O3S. The number of carbonyl (C=O) groups excluding carboxylic acids is 1. The third-order valence-electron chi connectivity index (χ3n) is 2.39. The van der Waals surface area contributed by atoms with E-state index in [1.807, 2.05) is 6.26 Å². The van der Waals surface area contributed by atoms with Crippen molar-refractivity contribution in [3.8, 4) is 0 Å². The minimum atomic E-state index is -0.608. The largest absolute Gasteiger partial charge is 0.373 e. The van der Waals surface area contributed by atoms with Crippen molar-refractivity contribution in [1.29, 1.82) is 0 Å². The normalized spacial score (nSPS) is 10.0. The van der Waals surface area contributed by atoms with Gasteiger partial charge in [0.1, 0.15) is 17.6 Å². The summed E-state index contributed by atoms with van der Waals surface area (Å²) < 4.78 is 0. The molecule has 0 saturated heterocycles. The summed E-state index contributed by atoms with van der Waals surface area (Å²) in [6.45, 7) is 0.494. The number of nitro groups is 1. The number of pyridine rings is 1. The fourth-order valence-corrected chi connectivity index (χ4v) is 1.86. The van der Waals surface area contributed by atoms with Crippen molar-refractivity contribution in [2.75, 3.05) is 30.9 Å². The maximum absolute atomic E-state index is 11.9. The second-order valence-corrected chi connectivity index (χ2v) is 4.68. The van der Waals surface area contributed by atoms with E-state index in [1.165, 1.54) is 6.07 Å². The van der Waals surface area contributed by atoms with Gasteiger partial charge >= 0.3 is 0 Å². The summed E-state index contributed by atoms with van der Waals surface area (Å²) in [7, 11) is 1.63. The molecule has 2 N–H and O–H groups in total. The van der Waals surface area contributed by atoms with Crippen molar-refractivity contribution < 1.29 is 9.72 Å². The average Bonchev–Trinajstić information content (AvgIpc) is 2.42. The molecule has 1 aromatic heterocycles. The molecule has 0 saturated carbocycles. The van der Waals surface area contributed by atoms with Crippen molar-refractivity contribution in [2.45, 2.75) is 6.42 Å². The van der Waals surface area contributed by atoms with E-state index in [-0.39, 0.29) is 11.3 Å². The molecule has 0 atom stereocenters. The predicted molar refractivity (Wildman–Crippen MR) is 75.8 cm³/mol. The lowest BCUT2D eigenvalue weighted by Crippen LogP contribution is -2.25. The fourth-order valence-electron chi connectivity index (χ4n) is 1.43. The molecule has 8 heteroatoms. The molecule has 0 aliphatic carbocycles. The Balaban J connectivity index is 2.83. The highest BCUT2D eigenvalue weighted by Gasteiger charge is 2.21. The fraction of sp³-hybridized carbons (Fsp3) is 0.455. The van der Waals surface area contributed by atoms with Crippen molar-refractivity contribution in [3.05, 3.63) is 27.9 Å². The first-order chi connectivity index (χ1) is 9.10. The number of anilines is 1. The second kappa shape index (κ2) is 7.57. The first kappa shape index (κ1) is 15.2. The number of hydrogen-bond donors (Lipinski definition) is 2. The van der Waals surface area contributed by atoms with E-state index in [4.69, 9.17) is 0 Å². The van der Waals surface area contributed by atoms with Gasteiger partial charge in [-0.1, -0.05) is 0 Å². The van der Waals surface area contributed by atoms with Gasteiger partial charge in [-0.2, -0.15) is 11.8 Å². The van der Waals surface area contributed by atoms with Crippen molar-refractivity contribution in [2.24, 2.45) is 0 Å². The van der Waals surface area contributed by atoms with Gasteiger partial charge in [-0.25, -0.2) is 4.98 Å². The summed E-state index contributed by atoms with van der Waals surface area (Å²) in [5.74, 6) is 0.895. The van der Waals surface area contributed by atoms with Gasteiger partial charge in [0.25, 0.3) is 11.6 Å². The molecule has 1 rings (SSSR count). The van der Waals surface area contributed by atoms with Crippen LogP contribution in [0, 0.1) is 10.1 Å². The molecular weight excluding hydrogens is 268 g/mol. The Kier molecular flexibility index (Phi) is 6.07. The van der Waals surface area contributed by atoms with E-state index < -0.39 is 10.8 Å². The Hall–Kier alpha value is -1.83. The summed E-state index contributed by atoms with van der Waals surface area (Å²) in [4.78, 5) is 26.0. The molecule has 1 amide bonds. The second-order valence-electron chi connectivity index (χ2n) is 3.70. The number of nitrogens with one attached hydrogen (secondary N) is 2. The summed E-state index contributed by atoms with van der Waals surface area (Å²) >= 11 is 1.68. The highest BCUT2D eigenvalue weighted by Crippen LogP contribution is 2.19. The molecule has 0 aliphatic heterocycles. The smallest absolute Gasteiger partial charge is 0.300 e. The third-order valence-corrected chi connectivity index (χ3v) is 3.09. The zero-order chi connectivity index (χ0) is 14.3. The minimum absolute atomic E-state index is 0.0218. The van der Waals surface area contributed by atoms with Gasteiger partial charge in [0.15, 0.2) is 0 Å². The molecule has 0 unspecified atom stereocenters. The lowest BCUT2D eigenvalue weighted by Gasteiger charge is -2.06. The Labute approximate surface area is 115 Å². The molecule has 7 nitrogen and oxygen atoms in total. The highest BCUT2D eigenvalue weighted by atomic mass is 32.2. The van der Waals surface area contributed by atoms with Crippen LogP contribution in [0.15, 0.2) is 12.3 Å². The van der Waals surface area contributed by atoms with Crippen LogP contribution < -0.4 is 10.6 Å². The van der Waals surface area contributed by atoms with Crippen LogP contribution in [0.4, 0.5) is 11.5 Å². The van der Waals surface area contributed by atoms with Crippen LogP contribution in [0.25, 0.3) is 0 Å². The van der Waals surface area contributed by atoms with Gasteiger partial charge in [-0.3, -0.25) is 14.9 Å². The number of hydrogen-bond acceptors (Lipinski definition) is 6. The molecule has 0 bridgehead atoms. The Morgan fingerprint density at radius 1 is 1.58 bits per heavy atom. The molecule has 19 heavy (non-hydrogen) atoms. The molecule has 0 aromatic carbocycles. The average molecular weight is 284 g/mol. The Bertz CT molecular complexity index is 467. The van der Waals surface area contributed by atoms with Crippen LogP contribution in [0.1, 0.15) is 16.8 Å². The zero-order valence-electron chi connectivity index (χ0n) is 10.8. The first-order valence-corrected chi connectivity index (χ1v) is 7.09. The molecule has 104 valence electrons. The predicted octanol–water partition coefficient (Wildman–Crippen LogP) is 1.51. The maximum atomic E-state index is 11.9. The van der Waals surface area contributed by atoms with Gasteiger partial charge in [-0.15, -0.1) is 0 Å². The van der Waals surface area contributed by atoms with Gasteiger partial charge in [-0.05, 0) is 18.4 Å². The number of nitrogens with zero attached hydrogens (tertiary/aromatic N) is 2. The van der Waals surface area contributed by atoms with Crippen LogP contribution in [0.5, 0.6) is 0 Å². The van der Waals surface area contributed by atoms with Gasteiger partial charge < -0.3 is 10.6 Å². The summed E-state index contributed by atoms with van der Waals surface area (Å²) in [5, 5.41) is 16.3. The van der Waals surface area contributed by atoms with E-state index in [1.54, 1.807) is 18.8 Å². The van der Waals surface area contributed by atoms with Gasteiger partial charge in [0, 0.05) is 19.7 Å². The molecule has 1 aromatic rings. The number of rotatable bonds is 7. The lowest BCUT2D eigenvalue weighted by atomic mass is 10.2. The molecule has 0 radical (unpaired) electrons. The summed E-state index contributed by atoms with van der Waals surface area (Å²) in [6, 6.07) is 1.38. The van der Waals surface area contributed by atoms with E-state index in [0.29, 0.717) is 12.4 Å². The Morgan fingerprint density at radius 3 is 2.89 bits per heavy atom. The molecule has 1 heterocycles. The van der Waals surface area contributed by atoms with Crippen LogP contribution in [-0.4, -0.2) is 41.4 Å². The maximum Gasteiger partial charge on any atom is 0.300 e. The Morgan fingerprint density at radius 2 is 2.32 bits per heavy atom. The molecule has 0 fully saturated rings. The number of aromatic nitrogens is 1. The SMILES string of the molecule is CNc1cc(C(=O)NCCCSC)c([N+](=O)[O-])cn1. The van der Waals surface area contributed by atoms with Gasteiger partial charge in [0.05, 0.1) is 4.92 Å². The van der Waals surface area contributed by atoms with E-state index in [0.717, 1.165) is 18.4 Å². The van der Waals surface area contributed by atoms with Gasteiger partial charge in [0.2, 0.25) is 0 Å². The van der Waals surface area contributed by atoms with Crippen molar-refractivity contribution in [3.63, 3.8) is 0 Å². The van der Waals surface area contributed by atoms with Crippen LogP contribution in [0.3, 0.4) is 0 Å². The topological polar surface area (TPSA) is 97.2 Å². The minimum Gasteiger partial charge on any atom is -0.373 e. The highest BCUT2D eigenvalue weighted by molar-refractivity contribution is 7.98. The third kappa shape index (κ3) is 4.40. The lowest BCUT2D eigenvalue weighted by molar-refractivity contribution is -0.385. The van der Waals surface area contributed by atoms with Crippen LogP contribution in [0.2, 0.25) is 0 Å². The van der Waals surface area contributed by atoms with Crippen LogP contribution >= 0.6 is 11.8 Å². The monoisotopic (exact) mass is 284 g/mol. The van der Waals surface area contributed by atoms with Crippen LogP contribution in [-0.2, 0) is 0 Å². The van der Waals surface area contributed by atoms with E-state index >= 15 is 0 Å². The van der Waals surface area contributed by atoms with E-state index in [2.05, 4.69) is 15.6 Å². The quantitative estimate of drug-likeness (QED) is 0.447. The summed E-state index contributed by atoms with van der Waals surface area (Å²) in [5.41, 5.74) is -0.269. The molecule has 0 spiro atoms.